The molecule has 0 fully saturated rings. The molecule has 4 heteroatoms. The van der Waals surface area contributed by atoms with Crippen molar-refractivity contribution in [1.82, 2.24) is 9.55 Å². The van der Waals surface area contributed by atoms with Crippen molar-refractivity contribution in [3.8, 4) is 0 Å². The van der Waals surface area contributed by atoms with Gasteiger partial charge >= 0.3 is 0 Å². The first-order valence-corrected chi connectivity index (χ1v) is 5.24. The molecule has 1 heterocycles. The van der Waals surface area contributed by atoms with Gasteiger partial charge in [0.1, 0.15) is 11.5 Å². The fourth-order valence-corrected chi connectivity index (χ4v) is 1.67. The molecule has 1 aromatic heterocycles. The maximum atomic E-state index is 9.08. The summed E-state index contributed by atoms with van der Waals surface area (Å²) in [6.07, 6.45) is 4.98. The lowest BCUT2D eigenvalue weighted by atomic mass is 10.2. The van der Waals surface area contributed by atoms with Crippen LogP contribution in [0, 0.1) is 0 Å². The number of aliphatic hydroxyl groups excluding tert-OH is 1. The van der Waals surface area contributed by atoms with Crippen molar-refractivity contribution in [3.05, 3.63) is 54.1 Å². The van der Waals surface area contributed by atoms with Gasteiger partial charge in [-0.15, -0.1) is 0 Å². The van der Waals surface area contributed by atoms with Crippen molar-refractivity contribution < 1.29 is 5.11 Å². The number of aromatic nitrogens is 2. The highest BCUT2D eigenvalue weighted by Gasteiger charge is 2.03. The van der Waals surface area contributed by atoms with Crippen LogP contribution in [0.3, 0.4) is 0 Å². The predicted molar refractivity (Wildman–Crippen MR) is 64.6 cm³/mol. The molecule has 2 rings (SSSR count). The summed E-state index contributed by atoms with van der Waals surface area (Å²) in [5, 5.41) is 9.58. The van der Waals surface area contributed by atoms with Crippen molar-refractivity contribution in [1.29, 1.82) is 0 Å². The van der Waals surface area contributed by atoms with Gasteiger partial charge in [0.25, 0.3) is 0 Å². The van der Waals surface area contributed by atoms with Crippen molar-refractivity contribution in [2.75, 3.05) is 0 Å². The van der Waals surface area contributed by atoms with Crippen LogP contribution in [0.5, 0.6) is 0 Å². The van der Waals surface area contributed by atoms with E-state index in [1.54, 1.807) is 17.1 Å². The molecule has 0 aliphatic carbocycles. The van der Waals surface area contributed by atoms with E-state index < -0.39 is 0 Å². The van der Waals surface area contributed by atoms with E-state index >= 15 is 0 Å². The Hall–Kier alpha value is -1.58. The van der Waals surface area contributed by atoms with Crippen molar-refractivity contribution in [2.45, 2.75) is 6.61 Å². The Morgan fingerprint density at radius 2 is 2.12 bits per heavy atom. The van der Waals surface area contributed by atoms with Crippen LogP contribution in [-0.2, 0) is 6.61 Å². The Balaban J connectivity index is 2.32. The topological polar surface area (TPSA) is 38.1 Å². The third-order valence-electron chi connectivity index (χ3n) is 2.19. The number of hydrogen-bond acceptors (Lipinski definition) is 2. The zero-order valence-electron chi connectivity index (χ0n) is 8.55. The van der Waals surface area contributed by atoms with E-state index in [-0.39, 0.29) is 6.61 Å². The van der Waals surface area contributed by atoms with Gasteiger partial charge in [-0.2, -0.15) is 0 Å². The minimum atomic E-state index is -0.0845. The van der Waals surface area contributed by atoms with Crippen molar-refractivity contribution >= 4 is 22.8 Å². The molecule has 0 radical (unpaired) electrons. The maximum Gasteiger partial charge on any atom is 0.115 e. The average molecular weight is 235 g/mol. The van der Waals surface area contributed by atoms with Gasteiger partial charge in [-0.05, 0) is 11.6 Å². The summed E-state index contributed by atoms with van der Waals surface area (Å²) < 4.78 is 1.65. The summed E-state index contributed by atoms with van der Waals surface area (Å²) in [5.41, 5.74) is 1.67. The number of nitrogens with zero attached hydrogens (tertiary/aromatic N) is 2. The standard InChI is InChI=1S/C12H11ClN2O/c13-12(6-10-4-2-1-3-5-10)15-9-14-7-11(15)8-16/h1-7,9,16H,8H2. The molecule has 1 N–H and O–H groups in total. The van der Waals surface area contributed by atoms with Crippen LogP contribution in [0.4, 0.5) is 0 Å². The van der Waals surface area contributed by atoms with Gasteiger partial charge in [-0.25, -0.2) is 4.98 Å². The maximum absolute atomic E-state index is 9.08. The van der Waals surface area contributed by atoms with Crippen LogP contribution >= 0.6 is 11.6 Å². The number of imidazole rings is 1. The molecule has 82 valence electrons. The fraction of sp³-hybridized carbons (Fsp3) is 0.0833. The second-order valence-corrected chi connectivity index (χ2v) is 3.68. The molecule has 1 aromatic carbocycles. The number of halogens is 1. The molecule has 0 unspecified atom stereocenters. The number of aliphatic hydroxyl groups is 1. The summed E-state index contributed by atoms with van der Waals surface area (Å²) >= 11 is 6.14. The zero-order chi connectivity index (χ0) is 11.4. The summed E-state index contributed by atoms with van der Waals surface area (Å²) in [6.45, 7) is -0.0845. The summed E-state index contributed by atoms with van der Waals surface area (Å²) in [4.78, 5) is 3.93. The van der Waals surface area contributed by atoms with E-state index in [1.807, 2.05) is 36.4 Å². The highest BCUT2D eigenvalue weighted by Crippen LogP contribution is 2.17. The van der Waals surface area contributed by atoms with Gasteiger partial charge < -0.3 is 5.11 Å². The molecule has 0 atom stereocenters. The Bertz CT molecular complexity index is 491. The second-order valence-electron chi connectivity index (χ2n) is 3.29. The molecule has 0 aliphatic rings. The quantitative estimate of drug-likeness (QED) is 0.887. The van der Waals surface area contributed by atoms with E-state index in [2.05, 4.69) is 4.98 Å². The Labute approximate surface area is 98.6 Å². The molecule has 0 bridgehead atoms. The van der Waals surface area contributed by atoms with E-state index in [9.17, 15) is 0 Å². The van der Waals surface area contributed by atoms with Crippen molar-refractivity contribution in [2.24, 2.45) is 0 Å². The van der Waals surface area contributed by atoms with Gasteiger partial charge in [-0.1, -0.05) is 41.9 Å². The highest BCUT2D eigenvalue weighted by molar-refractivity contribution is 6.47. The van der Waals surface area contributed by atoms with Gasteiger partial charge in [0.15, 0.2) is 0 Å². The highest BCUT2D eigenvalue weighted by atomic mass is 35.5. The minimum absolute atomic E-state index is 0.0845. The lowest BCUT2D eigenvalue weighted by Gasteiger charge is -2.04. The smallest absolute Gasteiger partial charge is 0.115 e. The van der Waals surface area contributed by atoms with Crippen LogP contribution in [0.15, 0.2) is 42.9 Å². The third kappa shape index (κ3) is 2.32. The largest absolute Gasteiger partial charge is 0.390 e. The third-order valence-corrected chi connectivity index (χ3v) is 2.48. The molecular formula is C12H11ClN2O. The molecule has 0 amide bonds. The minimum Gasteiger partial charge on any atom is -0.390 e. The SMILES string of the molecule is OCc1cncn1C(Cl)=Cc1ccccc1. The van der Waals surface area contributed by atoms with Crippen LogP contribution in [0.25, 0.3) is 11.2 Å². The first-order chi connectivity index (χ1) is 7.81. The van der Waals surface area contributed by atoms with Crippen LogP contribution in [0.2, 0.25) is 0 Å². The number of rotatable bonds is 3. The van der Waals surface area contributed by atoms with Crippen LogP contribution in [0.1, 0.15) is 11.3 Å². The summed E-state index contributed by atoms with van der Waals surface area (Å²) in [6, 6.07) is 9.74. The molecule has 0 saturated carbocycles. The van der Waals surface area contributed by atoms with Crippen molar-refractivity contribution in [3.63, 3.8) is 0 Å². The van der Waals surface area contributed by atoms with Gasteiger partial charge in [0.2, 0.25) is 0 Å². The Morgan fingerprint density at radius 1 is 1.38 bits per heavy atom. The summed E-state index contributed by atoms with van der Waals surface area (Å²) in [7, 11) is 0. The molecule has 0 spiro atoms. The molecule has 0 aliphatic heterocycles. The average Bonchev–Trinajstić information content (AvgIpc) is 2.78. The number of hydrogen-bond donors (Lipinski definition) is 1. The molecular weight excluding hydrogens is 224 g/mol. The monoisotopic (exact) mass is 234 g/mol. The molecule has 3 nitrogen and oxygen atoms in total. The molecule has 0 saturated heterocycles. The normalized spacial score (nSPS) is 11.8. The van der Waals surface area contributed by atoms with E-state index in [1.165, 1.54) is 0 Å². The van der Waals surface area contributed by atoms with Gasteiger partial charge in [-0.3, -0.25) is 4.57 Å². The lowest BCUT2D eigenvalue weighted by Crippen LogP contribution is -1.96. The van der Waals surface area contributed by atoms with Gasteiger partial charge in [0.05, 0.1) is 18.5 Å². The first-order valence-electron chi connectivity index (χ1n) is 4.86. The van der Waals surface area contributed by atoms with E-state index in [0.717, 1.165) is 5.56 Å². The van der Waals surface area contributed by atoms with Crippen LogP contribution in [-0.4, -0.2) is 14.7 Å². The van der Waals surface area contributed by atoms with E-state index in [0.29, 0.717) is 10.9 Å². The Kier molecular flexibility index (Phi) is 3.39. The lowest BCUT2D eigenvalue weighted by molar-refractivity contribution is 0.275. The number of benzene rings is 1. The van der Waals surface area contributed by atoms with Crippen LogP contribution < -0.4 is 0 Å². The molecule has 2 aromatic rings. The summed E-state index contributed by atoms with van der Waals surface area (Å²) in [5.74, 6) is 0. The molecule has 16 heavy (non-hydrogen) atoms. The second kappa shape index (κ2) is 4.96. The predicted octanol–water partition coefficient (Wildman–Crippen LogP) is 2.57. The van der Waals surface area contributed by atoms with Gasteiger partial charge in [0, 0.05) is 0 Å². The fourth-order valence-electron chi connectivity index (χ4n) is 1.39. The Morgan fingerprint density at radius 3 is 2.81 bits per heavy atom. The van der Waals surface area contributed by atoms with E-state index in [4.69, 9.17) is 16.7 Å². The first kappa shape index (κ1) is 10.9. The zero-order valence-corrected chi connectivity index (χ0v) is 9.30.